The summed E-state index contributed by atoms with van der Waals surface area (Å²) < 4.78 is 5.26. The fourth-order valence-electron chi connectivity index (χ4n) is 2.35. The smallest absolute Gasteiger partial charge is 0.325 e. The van der Waals surface area contributed by atoms with Crippen molar-refractivity contribution in [3.05, 3.63) is 23.8 Å². The Morgan fingerprint density at radius 1 is 1.42 bits per heavy atom. The van der Waals surface area contributed by atoms with Crippen LogP contribution in [0.15, 0.2) is 23.3 Å². The minimum Gasteiger partial charge on any atom is -0.504 e. The molecule has 1 aromatic rings. The van der Waals surface area contributed by atoms with Crippen LogP contribution in [0.25, 0.3) is 0 Å². The number of ether oxygens (including phenoxy) is 1. The lowest BCUT2D eigenvalue weighted by Crippen LogP contribution is -2.40. The second kappa shape index (κ2) is 7.85. The zero-order chi connectivity index (χ0) is 19.3. The zero-order valence-electron chi connectivity index (χ0n) is 14.9. The van der Waals surface area contributed by atoms with Gasteiger partial charge in [-0.15, -0.1) is 0 Å². The van der Waals surface area contributed by atoms with Crippen LogP contribution in [0.3, 0.4) is 0 Å². The SMILES string of the molecule is CCOc1cc(/C=N/NC(=O)CCN2C(=O)NC(C)(C)C2=O)ccc1O. The number of phenolic OH excluding ortho intramolecular Hbond substituents is 1. The minimum atomic E-state index is -0.956. The molecule has 1 aromatic carbocycles. The monoisotopic (exact) mass is 362 g/mol. The number of hydrogen-bond donors (Lipinski definition) is 3. The summed E-state index contributed by atoms with van der Waals surface area (Å²) in [7, 11) is 0. The molecule has 1 fully saturated rings. The van der Waals surface area contributed by atoms with Gasteiger partial charge in [0.15, 0.2) is 11.5 Å². The molecule has 3 N–H and O–H groups in total. The highest BCUT2D eigenvalue weighted by Crippen LogP contribution is 2.26. The number of nitrogens with zero attached hydrogens (tertiary/aromatic N) is 2. The molecule has 9 nitrogen and oxygen atoms in total. The molecule has 26 heavy (non-hydrogen) atoms. The molecule has 2 rings (SSSR count). The molecule has 1 aliphatic rings. The number of nitrogens with one attached hydrogen (secondary N) is 2. The van der Waals surface area contributed by atoms with Crippen molar-refractivity contribution in [3.8, 4) is 11.5 Å². The maximum atomic E-state index is 12.0. The van der Waals surface area contributed by atoms with E-state index >= 15 is 0 Å². The van der Waals surface area contributed by atoms with Gasteiger partial charge in [-0.2, -0.15) is 5.10 Å². The fraction of sp³-hybridized carbons (Fsp3) is 0.412. The van der Waals surface area contributed by atoms with Crippen LogP contribution in [0.2, 0.25) is 0 Å². The molecular weight excluding hydrogens is 340 g/mol. The van der Waals surface area contributed by atoms with Gasteiger partial charge in [0.25, 0.3) is 5.91 Å². The van der Waals surface area contributed by atoms with Crippen LogP contribution in [0.4, 0.5) is 4.79 Å². The lowest BCUT2D eigenvalue weighted by Gasteiger charge is -2.15. The first-order chi connectivity index (χ1) is 12.2. The van der Waals surface area contributed by atoms with Crippen molar-refractivity contribution in [1.82, 2.24) is 15.6 Å². The average molecular weight is 362 g/mol. The predicted octanol–water partition coefficient (Wildman–Crippen LogP) is 0.961. The number of rotatable bonds is 7. The van der Waals surface area contributed by atoms with E-state index in [9.17, 15) is 19.5 Å². The Hall–Kier alpha value is -3.10. The molecule has 0 aromatic heterocycles. The Labute approximate surface area is 151 Å². The molecule has 0 unspecified atom stereocenters. The van der Waals surface area contributed by atoms with E-state index in [1.807, 2.05) is 0 Å². The quantitative estimate of drug-likeness (QED) is 0.379. The van der Waals surface area contributed by atoms with Gasteiger partial charge in [-0.25, -0.2) is 10.2 Å². The van der Waals surface area contributed by atoms with Gasteiger partial charge in [-0.3, -0.25) is 14.5 Å². The molecule has 0 atom stereocenters. The van der Waals surface area contributed by atoms with Gasteiger partial charge in [-0.05, 0) is 44.5 Å². The highest BCUT2D eigenvalue weighted by atomic mass is 16.5. The molecule has 1 saturated heterocycles. The number of urea groups is 1. The Morgan fingerprint density at radius 2 is 2.15 bits per heavy atom. The topological polar surface area (TPSA) is 120 Å². The molecular formula is C17H22N4O5. The minimum absolute atomic E-state index is 0.0181. The van der Waals surface area contributed by atoms with Crippen LogP contribution in [-0.2, 0) is 9.59 Å². The largest absolute Gasteiger partial charge is 0.504 e. The van der Waals surface area contributed by atoms with Gasteiger partial charge >= 0.3 is 6.03 Å². The predicted molar refractivity (Wildman–Crippen MR) is 94.0 cm³/mol. The number of benzene rings is 1. The summed E-state index contributed by atoms with van der Waals surface area (Å²) in [6, 6.07) is 4.16. The second-order valence-corrected chi connectivity index (χ2v) is 6.22. The van der Waals surface area contributed by atoms with Crippen molar-refractivity contribution in [3.63, 3.8) is 0 Å². The third-order valence-electron chi connectivity index (χ3n) is 3.69. The van der Waals surface area contributed by atoms with E-state index < -0.39 is 17.5 Å². The van der Waals surface area contributed by atoms with Crippen LogP contribution in [0, 0.1) is 0 Å². The van der Waals surface area contributed by atoms with Crippen molar-refractivity contribution < 1.29 is 24.2 Å². The van der Waals surface area contributed by atoms with Gasteiger partial charge in [0.05, 0.1) is 12.8 Å². The first-order valence-electron chi connectivity index (χ1n) is 8.16. The molecule has 0 saturated carbocycles. The summed E-state index contributed by atoms with van der Waals surface area (Å²) in [5.41, 5.74) is 2.00. The number of carbonyl (C=O) groups excluding carboxylic acids is 3. The third kappa shape index (κ3) is 4.50. The molecule has 1 aliphatic heterocycles. The number of phenols is 1. The molecule has 0 bridgehead atoms. The Kier molecular flexibility index (Phi) is 5.81. The molecule has 0 aliphatic carbocycles. The molecule has 1 heterocycles. The number of hydrogen-bond acceptors (Lipinski definition) is 6. The average Bonchev–Trinajstić information content (AvgIpc) is 2.76. The van der Waals surface area contributed by atoms with Crippen molar-refractivity contribution in [1.29, 1.82) is 0 Å². The number of aromatic hydroxyl groups is 1. The van der Waals surface area contributed by atoms with Crippen LogP contribution < -0.4 is 15.5 Å². The number of imide groups is 1. The Balaban J connectivity index is 1.85. The van der Waals surface area contributed by atoms with E-state index in [1.165, 1.54) is 12.3 Å². The van der Waals surface area contributed by atoms with Gasteiger partial charge in [-0.1, -0.05) is 0 Å². The lowest BCUT2D eigenvalue weighted by molar-refractivity contribution is -0.130. The number of hydrazone groups is 1. The Morgan fingerprint density at radius 3 is 2.77 bits per heavy atom. The van der Waals surface area contributed by atoms with Crippen LogP contribution in [-0.4, -0.2) is 52.8 Å². The number of carbonyl (C=O) groups is 3. The van der Waals surface area contributed by atoms with Gasteiger partial charge in [0.2, 0.25) is 5.91 Å². The van der Waals surface area contributed by atoms with E-state index in [1.54, 1.807) is 32.9 Å². The summed E-state index contributed by atoms with van der Waals surface area (Å²) in [6.45, 7) is 5.39. The van der Waals surface area contributed by atoms with Crippen LogP contribution in [0.5, 0.6) is 11.5 Å². The highest BCUT2D eigenvalue weighted by Gasteiger charge is 2.43. The van der Waals surface area contributed by atoms with Crippen LogP contribution in [0.1, 0.15) is 32.8 Å². The lowest BCUT2D eigenvalue weighted by atomic mass is 10.1. The molecule has 4 amide bonds. The van der Waals surface area contributed by atoms with E-state index in [0.717, 1.165) is 4.90 Å². The van der Waals surface area contributed by atoms with E-state index in [-0.39, 0.29) is 24.6 Å². The molecule has 0 spiro atoms. The first kappa shape index (κ1) is 19.2. The summed E-state index contributed by atoms with van der Waals surface area (Å²) in [5.74, 6) is -0.463. The van der Waals surface area contributed by atoms with Crippen molar-refractivity contribution in [2.75, 3.05) is 13.2 Å². The molecule has 9 heteroatoms. The summed E-state index contributed by atoms with van der Waals surface area (Å²) in [6.07, 6.45) is 1.34. The molecule has 0 radical (unpaired) electrons. The van der Waals surface area contributed by atoms with Crippen molar-refractivity contribution in [2.45, 2.75) is 32.7 Å². The third-order valence-corrected chi connectivity index (χ3v) is 3.69. The Bertz CT molecular complexity index is 745. The highest BCUT2D eigenvalue weighted by molar-refractivity contribution is 6.06. The fourth-order valence-corrected chi connectivity index (χ4v) is 2.35. The van der Waals surface area contributed by atoms with Gasteiger partial charge < -0.3 is 15.2 Å². The first-order valence-corrected chi connectivity index (χ1v) is 8.16. The maximum absolute atomic E-state index is 12.0. The maximum Gasteiger partial charge on any atom is 0.325 e. The van der Waals surface area contributed by atoms with Crippen LogP contribution >= 0.6 is 0 Å². The number of amides is 4. The normalized spacial score (nSPS) is 16.0. The van der Waals surface area contributed by atoms with Gasteiger partial charge in [0.1, 0.15) is 5.54 Å². The second-order valence-electron chi connectivity index (χ2n) is 6.22. The van der Waals surface area contributed by atoms with Crippen molar-refractivity contribution in [2.24, 2.45) is 5.10 Å². The molecule has 140 valence electrons. The van der Waals surface area contributed by atoms with E-state index in [4.69, 9.17) is 4.74 Å². The summed E-state index contributed by atoms with van der Waals surface area (Å²) in [4.78, 5) is 36.6. The summed E-state index contributed by atoms with van der Waals surface area (Å²) >= 11 is 0. The van der Waals surface area contributed by atoms with E-state index in [2.05, 4.69) is 15.8 Å². The standard InChI is InChI=1S/C17H22N4O5/c1-4-26-13-9-11(5-6-12(13)22)10-18-20-14(23)7-8-21-15(24)17(2,3)19-16(21)25/h5-6,9-10,22H,4,7-8H2,1-3H3,(H,19,25)(H,20,23)/b18-10+. The summed E-state index contributed by atoms with van der Waals surface area (Å²) in [5, 5.41) is 16.0. The zero-order valence-corrected chi connectivity index (χ0v) is 14.9. The van der Waals surface area contributed by atoms with E-state index in [0.29, 0.717) is 17.9 Å². The van der Waals surface area contributed by atoms with Gasteiger partial charge in [0, 0.05) is 13.0 Å². The van der Waals surface area contributed by atoms with Crippen molar-refractivity contribution >= 4 is 24.1 Å².